The molecule has 0 radical (unpaired) electrons. The van der Waals surface area contributed by atoms with Gasteiger partial charge >= 0.3 is 0 Å². The lowest BCUT2D eigenvalue weighted by Crippen LogP contribution is -2.53. The Bertz CT molecular complexity index is 142. The smallest absolute Gasteiger partial charge is 0.0824 e. The number of nitrogens with zero attached hydrogens (tertiary/aromatic N) is 1. The van der Waals surface area contributed by atoms with E-state index in [1.165, 1.54) is 0 Å². The Hall–Kier alpha value is -0.120. The molecule has 0 aromatic heterocycles. The molecule has 2 N–H and O–H groups in total. The minimum atomic E-state index is 0.234. The molecule has 0 aliphatic carbocycles. The van der Waals surface area contributed by atoms with E-state index in [1.807, 2.05) is 0 Å². The van der Waals surface area contributed by atoms with Crippen LogP contribution in [0.15, 0.2) is 0 Å². The van der Waals surface area contributed by atoms with Crippen LogP contribution >= 0.6 is 0 Å². The number of nitrogens with two attached hydrogens (primary N) is 1. The summed E-state index contributed by atoms with van der Waals surface area (Å²) in [5.74, 6) is 0. The van der Waals surface area contributed by atoms with E-state index in [4.69, 9.17) is 10.5 Å². The minimum absolute atomic E-state index is 0.234. The molecule has 1 rings (SSSR count). The third-order valence-electron chi connectivity index (χ3n) is 2.35. The average Bonchev–Trinajstić information content (AvgIpc) is 2.03. The van der Waals surface area contributed by atoms with Crippen LogP contribution in [0.5, 0.6) is 0 Å². The summed E-state index contributed by atoms with van der Waals surface area (Å²) >= 11 is 0. The first-order valence-corrected chi connectivity index (χ1v) is 4.61. The quantitative estimate of drug-likeness (QED) is 0.624. The van der Waals surface area contributed by atoms with Crippen LogP contribution in [0.2, 0.25) is 0 Å². The van der Waals surface area contributed by atoms with Crippen LogP contribution in [0.4, 0.5) is 0 Å². The van der Waals surface area contributed by atoms with Crippen molar-refractivity contribution in [3.05, 3.63) is 0 Å². The van der Waals surface area contributed by atoms with Gasteiger partial charge in [-0.15, -0.1) is 0 Å². The number of morpholine rings is 1. The molecule has 0 aromatic rings. The van der Waals surface area contributed by atoms with Crippen LogP contribution < -0.4 is 5.73 Å². The van der Waals surface area contributed by atoms with Crippen LogP contribution in [0.3, 0.4) is 0 Å². The van der Waals surface area contributed by atoms with Crippen molar-refractivity contribution >= 4 is 0 Å². The van der Waals surface area contributed by atoms with Gasteiger partial charge in [0.25, 0.3) is 0 Å². The summed E-state index contributed by atoms with van der Waals surface area (Å²) in [4.78, 5) is 2.42. The van der Waals surface area contributed by atoms with Crippen LogP contribution in [0, 0.1) is 0 Å². The zero-order chi connectivity index (χ0) is 9.19. The van der Waals surface area contributed by atoms with Crippen molar-refractivity contribution in [1.82, 2.24) is 4.90 Å². The maximum Gasteiger partial charge on any atom is 0.0824 e. The predicted octanol–water partition coefficient (Wildman–Crippen LogP) is 0.444. The van der Waals surface area contributed by atoms with Crippen LogP contribution in [0.25, 0.3) is 0 Å². The highest BCUT2D eigenvalue weighted by Crippen LogP contribution is 2.16. The molecule has 0 amide bonds. The van der Waals surface area contributed by atoms with Gasteiger partial charge in [-0.1, -0.05) is 0 Å². The summed E-state index contributed by atoms with van der Waals surface area (Å²) in [7, 11) is 0. The van der Waals surface area contributed by atoms with Gasteiger partial charge in [0.1, 0.15) is 0 Å². The zero-order valence-corrected chi connectivity index (χ0v) is 8.34. The second-order valence-electron chi connectivity index (χ2n) is 4.35. The predicted molar refractivity (Wildman–Crippen MR) is 50.1 cm³/mol. The van der Waals surface area contributed by atoms with Crippen molar-refractivity contribution in [2.75, 3.05) is 26.2 Å². The van der Waals surface area contributed by atoms with E-state index in [0.29, 0.717) is 6.54 Å². The molecule has 1 saturated heterocycles. The fourth-order valence-electron chi connectivity index (χ4n) is 1.47. The van der Waals surface area contributed by atoms with Crippen molar-refractivity contribution in [2.24, 2.45) is 5.73 Å². The molecule has 3 heteroatoms. The monoisotopic (exact) mass is 172 g/mol. The van der Waals surface area contributed by atoms with Crippen molar-refractivity contribution in [3.8, 4) is 0 Å². The first-order valence-electron chi connectivity index (χ1n) is 4.61. The van der Waals surface area contributed by atoms with Gasteiger partial charge in [-0.25, -0.2) is 0 Å². The van der Waals surface area contributed by atoms with Gasteiger partial charge in [-0.05, 0) is 20.8 Å². The van der Waals surface area contributed by atoms with Crippen molar-refractivity contribution in [3.63, 3.8) is 0 Å². The molecule has 1 fully saturated rings. The van der Waals surface area contributed by atoms with Gasteiger partial charge in [0, 0.05) is 25.2 Å². The summed E-state index contributed by atoms with van der Waals surface area (Å²) in [5, 5.41) is 0. The maximum atomic E-state index is 5.56. The molecule has 12 heavy (non-hydrogen) atoms. The summed E-state index contributed by atoms with van der Waals surface area (Å²) in [6.07, 6.45) is 0.234. The van der Waals surface area contributed by atoms with Crippen LogP contribution in [-0.4, -0.2) is 42.8 Å². The molecule has 0 spiro atoms. The van der Waals surface area contributed by atoms with Crippen molar-refractivity contribution in [1.29, 1.82) is 0 Å². The summed E-state index contributed by atoms with van der Waals surface area (Å²) in [6, 6.07) is 0. The van der Waals surface area contributed by atoms with Crippen LogP contribution in [-0.2, 0) is 4.74 Å². The minimum Gasteiger partial charge on any atom is -0.374 e. The number of rotatable bonds is 1. The fourth-order valence-corrected chi connectivity index (χ4v) is 1.47. The molecule has 1 atom stereocenters. The van der Waals surface area contributed by atoms with Gasteiger partial charge in [-0.3, -0.25) is 4.90 Å². The molecule has 0 bridgehead atoms. The average molecular weight is 172 g/mol. The Morgan fingerprint density at radius 3 is 2.67 bits per heavy atom. The van der Waals surface area contributed by atoms with E-state index in [0.717, 1.165) is 19.7 Å². The van der Waals surface area contributed by atoms with Crippen molar-refractivity contribution in [2.45, 2.75) is 32.4 Å². The Morgan fingerprint density at radius 1 is 1.50 bits per heavy atom. The normalized spacial score (nSPS) is 27.5. The van der Waals surface area contributed by atoms with Gasteiger partial charge < -0.3 is 10.5 Å². The molecule has 1 aliphatic rings. The highest BCUT2D eigenvalue weighted by atomic mass is 16.5. The highest BCUT2D eigenvalue weighted by molar-refractivity contribution is 4.81. The van der Waals surface area contributed by atoms with Gasteiger partial charge in [0.2, 0.25) is 0 Å². The lowest BCUT2D eigenvalue weighted by molar-refractivity contribution is -0.0533. The Kier molecular flexibility index (Phi) is 3.09. The van der Waals surface area contributed by atoms with Gasteiger partial charge in [0.15, 0.2) is 0 Å². The lowest BCUT2D eigenvalue weighted by atomic mass is 10.0. The second kappa shape index (κ2) is 3.73. The Balaban J connectivity index is 2.46. The summed E-state index contributed by atoms with van der Waals surface area (Å²) in [6.45, 7) is 10.1. The van der Waals surface area contributed by atoms with Gasteiger partial charge in [-0.2, -0.15) is 0 Å². The molecular formula is C9H20N2O. The molecule has 1 heterocycles. The highest BCUT2D eigenvalue weighted by Gasteiger charge is 2.27. The summed E-state index contributed by atoms with van der Waals surface area (Å²) in [5.41, 5.74) is 5.80. The molecule has 0 aromatic carbocycles. The fraction of sp³-hybridized carbons (Fsp3) is 1.00. The van der Waals surface area contributed by atoms with E-state index in [2.05, 4.69) is 25.7 Å². The van der Waals surface area contributed by atoms with E-state index >= 15 is 0 Å². The molecular weight excluding hydrogens is 152 g/mol. The lowest BCUT2D eigenvalue weighted by Gasteiger charge is -2.41. The number of ether oxygens (including phenoxy) is 1. The molecule has 3 nitrogen and oxygen atoms in total. The Morgan fingerprint density at radius 2 is 2.17 bits per heavy atom. The topological polar surface area (TPSA) is 38.5 Å². The number of hydrogen-bond donors (Lipinski definition) is 1. The first-order chi connectivity index (χ1) is 5.54. The van der Waals surface area contributed by atoms with Crippen LogP contribution in [0.1, 0.15) is 20.8 Å². The zero-order valence-electron chi connectivity index (χ0n) is 8.34. The first kappa shape index (κ1) is 9.96. The van der Waals surface area contributed by atoms with E-state index in [1.54, 1.807) is 0 Å². The van der Waals surface area contributed by atoms with E-state index in [9.17, 15) is 0 Å². The molecule has 72 valence electrons. The Labute approximate surface area is 74.9 Å². The number of hydrogen-bond acceptors (Lipinski definition) is 3. The van der Waals surface area contributed by atoms with Gasteiger partial charge in [0.05, 0.1) is 12.7 Å². The third kappa shape index (κ3) is 2.44. The molecule has 1 aliphatic heterocycles. The standard InChI is InChI=1S/C9H20N2O/c1-9(2,3)11-4-5-12-8(6-10)7-11/h8H,4-7,10H2,1-3H3/t8-/m1/s1. The maximum absolute atomic E-state index is 5.56. The summed E-state index contributed by atoms with van der Waals surface area (Å²) < 4.78 is 5.49. The molecule has 0 saturated carbocycles. The third-order valence-corrected chi connectivity index (χ3v) is 2.35. The van der Waals surface area contributed by atoms with E-state index in [-0.39, 0.29) is 11.6 Å². The molecule has 0 unspecified atom stereocenters. The van der Waals surface area contributed by atoms with Crippen molar-refractivity contribution < 1.29 is 4.74 Å². The largest absolute Gasteiger partial charge is 0.374 e. The van der Waals surface area contributed by atoms with E-state index < -0.39 is 0 Å². The SMILES string of the molecule is CC(C)(C)N1CCO[C@H](CN)C1. The second-order valence-corrected chi connectivity index (χ2v) is 4.35.